The minimum atomic E-state index is -0.956. The number of aryl methyl sites for hydroxylation is 1. The van der Waals surface area contributed by atoms with Gasteiger partial charge in [-0.25, -0.2) is 0 Å². The summed E-state index contributed by atoms with van der Waals surface area (Å²) in [4.78, 5) is 28.4. The molecular formula is C16H24N4O4. The molecule has 8 nitrogen and oxygen atoms in total. The Labute approximate surface area is 141 Å². The molecule has 2 fully saturated rings. The highest BCUT2D eigenvalue weighted by molar-refractivity contribution is 5.85. The number of β-amino-alcohol motifs (C(OH)–C–C–N with tert-alkyl or cyclic N) is 1. The van der Waals surface area contributed by atoms with Crippen molar-refractivity contribution < 1.29 is 19.4 Å². The van der Waals surface area contributed by atoms with Gasteiger partial charge in [0.2, 0.25) is 11.8 Å². The molecule has 1 aromatic heterocycles. The largest absolute Gasteiger partial charge is 0.384 e. The summed E-state index contributed by atoms with van der Waals surface area (Å²) < 4.78 is 6.70. The number of carbonyl (C=O) groups excluding carboxylic acids is 2. The van der Waals surface area contributed by atoms with E-state index in [-0.39, 0.29) is 43.5 Å². The Balaban J connectivity index is 1.79. The van der Waals surface area contributed by atoms with Crippen molar-refractivity contribution in [1.29, 1.82) is 0 Å². The van der Waals surface area contributed by atoms with E-state index in [4.69, 9.17) is 4.74 Å². The molecule has 132 valence electrons. The van der Waals surface area contributed by atoms with Crippen molar-refractivity contribution >= 4 is 11.8 Å². The van der Waals surface area contributed by atoms with E-state index >= 15 is 0 Å². The van der Waals surface area contributed by atoms with Gasteiger partial charge in [0.15, 0.2) is 0 Å². The number of ether oxygens (including phenoxy) is 1. The van der Waals surface area contributed by atoms with Crippen molar-refractivity contribution in [3.63, 3.8) is 0 Å². The molecule has 2 aliphatic heterocycles. The fraction of sp³-hybridized carbons (Fsp3) is 0.688. The van der Waals surface area contributed by atoms with Gasteiger partial charge in [0.05, 0.1) is 37.4 Å². The molecule has 2 amide bonds. The van der Waals surface area contributed by atoms with Gasteiger partial charge in [-0.2, -0.15) is 5.10 Å². The molecule has 0 bridgehead atoms. The topological polar surface area (TPSA) is 87.9 Å². The summed E-state index contributed by atoms with van der Waals surface area (Å²) >= 11 is 0. The highest BCUT2D eigenvalue weighted by atomic mass is 16.5. The maximum absolute atomic E-state index is 12.9. The maximum Gasteiger partial charge on any atom is 0.228 e. The lowest BCUT2D eigenvalue weighted by molar-refractivity contribution is -0.172. The normalized spacial score (nSPS) is 26.4. The predicted octanol–water partition coefficient (Wildman–Crippen LogP) is -0.451. The Morgan fingerprint density at radius 3 is 2.75 bits per heavy atom. The molecule has 2 saturated heterocycles. The van der Waals surface area contributed by atoms with Crippen molar-refractivity contribution in [3.05, 3.63) is 18.0 Å². The molecule has 1 aromatic rings. The second-order valence-corrected chi connectivity index (χ2v) is 6.83. The van der Waals surface area contributed by atoms with Crippen LogP contribution in [0.3, 0.4) is 0 Å². The van der Waals surface area contributed by atoms with Crippen LogP contribution < -0.4 is 0 Å². The second kappa shape index (κ2) is 6.18. The third-order valence-electron chi connectivity index (χ3n) is 5.04. The number of amides is 2. The number of carbonyl (C=O) groups is 2. The number of aromatic nitrogens is 2. The highest BCUT2D eigenvalue weighted by Gasteiger charge is 2.48. The molecule has 0 radical (unpaired) electrons. The lowest BCUT2D eigenvalue weighted by atomic mass is 9.83. The monoisotopic (exact) mass is 336 g/mol. The number of nitrogens with zero attached hydrogens (tertiary/aromatic N) is 4. The van der Waals surface area contributed by atoms with Gasteiger partial charge in [-0.1, -0.05) is 0 Å². The summed E-state index contributed by atoms with van der Waals surface area (Å²) in [6.45, 7) is 0.753. The van der Waals surface area contributed by atoms with E-state index in [1.54, 1.807) is 27.7 Å². The average Bonchev–Trinajstić information content (AvgIpc) is 2.92. The fourth-order valence-corrected chi connectivity index (χ4v) is 3.79. The minimum Gasteiger partial charge on any atom is -0.384 e. The molecule has 0 unspecified atom stereocenters. The second-order valence-electron chi connectivity index (χ2n) is 6.83. The summed E-state index contributed by atoms with van der Waals surface area (Å²) in [5, 5.41) is 14.4. The average molecular weight is 336 g/mol. The SMILES string of the molecule is COCC1(O)CN(C(=O)[C@H]2CCC(=O)N(C)[C@@H]2c2ccnn2C)C1. The predicted molar refractivity (Wildman–Crippen MR) is 84.8 cm³/mol. The van der Waals surface area contributed by atoms with E-state index < -0.39 is 5.60 Å². The maximum atomic E-state index is 12.9. The number of methoxy groups -OCH3 is 1. The molecule has 2 atom stereocenters. The van der Waals surface area contributed by atoms with Crippen molar-refractivity contribution in [2.75, 3.05) is 33.9 Å². The van der Waals surface area contributed by atoms with Gasteiger partial charge in [-0.3, -0.25) is 14.3 Å². The molecule has 3 rings (SSSR count). The standard InChI is InChI=1S/C16H24N4O4/c1-18-13(21)5-4-11(14(18)12-6-7-17-19(12)2)15(22)20-8-16(23,9-20)10-24-3/h6-7,11,14,23H,4-5,8-10H2,1-3H3/t11-,14-/m0/s1. The lowest BCUT2D eigenvalue weighted by Crippen LogP contribution is -2.67. The van der Waals surface area contributed by atoms with Gasteiger partial charge in [-0.05, 0) is 12.5 Å². The molecule has 24 heavy (non-hydrogen) atoms. The molecule has 0 saturated carbocycles. The third-order valence-corrected chi connectivity index (χ3v) is 5.04. The number of hydrogen-bond acceptors (Lipinski definition) is 5. The number of rotatable bonds is 4. The smallest absolute Gasteiger partial charge is 0.228 e. The molecule has 2 aliphatic rings. The molecule has 0 aliphatic carbocycles. The van der Waals surface area contributed by atoms with Gasteiger partial charge in [0.1, 0.15) is 5.60 Å². The van der Waals surface area contributed by atoms with E-state index in [9.17, 15) is 14.7 Å². The number of aliphatic hydroxyl groups is 1. The Kier molecular flexibility index (Phi) is 4.35. The van der Waals surface area contributed by atoms with Crippen LogP contribution in [0.1, 0.15) is 24.6 Å². The van der Waals surface area contributed by atoms with Crippen molar-refractivity contribution in [3.8, 4) is 0 Å². The van der Waals surface area contributed by atoms with Crippen molar-refractivity contribution in [2.24, 2.45) is 13.0 Å². The van der Waals surface area contributed by atoms with Crippen LogP contribution in [0.2, 0.25) is 0 Å². The fourth-order valence-electron chi connectivity index (χ4n) is 3.79. The zero-order valence-corrected chi connectivity index (χ0v) is 14.3. The molecule has 1 N–H and O–H groups in total. The van der Waals surface area contributed by atoms with Crippen LogP contribution in [0.15, 0.2) is 12.3 Å². The van der Waals surface area contributed by atoms with Crippen LogP contribution in [0.4, 0.5) is 0 Å². The number of likely N-dealkylation sites (tertiary alicyclic amines) is 2. The first-order valence-corrected chi connectivity index (χ1v) is 8.10. The highest BCUT2D eigenvalue weighted by Crippen LogP contribution is 2.38. The van der Waals surface area contributed by atoms with Gasteiger partial charge < -0.3 is 19.6 Å². The Bertz CT molecular complexity index is 638. The van der Waals surface area contributed by atoms with Crippen LogP contribution in [0.5, 0.6) is 0 Å². The van der Waals surface area contributed by atoms with Crippen LogP contribution in [-0.2, 0) is 21.4 Å². The van der Waals surface area contributed by atoms with Crippen LogP contribution >= 0.6 is 0 Å². The lowest BCUT2D eigenvalue weighted by Gasteiger charge is -2.49. The van der Waals surface area contributed by atoms with Gasteiger partial charge in [-0.15, -0.1) is 0 Å². The zero-order valence-electron chi connectivity index (χ0n) is 14.3. The Hall–Kier alpha value is -1.93. The van der Waals surface area contributed by atoms with E-state index in [0.717, 1.165) is 5.69 Å². The van der Waals surface area contributed by atoms with Crippen LogP contribution in [-0.4, -0.2) is 76.0 Å². The van der Waals surface area contributed by atoms with E-state index in [0.29, 0.717) is 12.8 Å². The Morgan fingerprint density at radius 1 is 1.46 bits per heavy atom. The summed E-state index contributed by atoms with van der Waals surface area (Å²) in [6.07, 6.45) is 2.54. The summed E-state index contributed by atoms with van der Waals surface area (Å²) in [5.74, 6) is -0.318. The van der Waals surface area contributed by atoms with Gasteiger partial charge in [0.25, 0.3) is 0 Å². The molecular weight excluding hydrogens is 312 g/mol. The first-order chi connectivity index (χ1) is 11.4. The first-order valence-electron chi connectivity index (χ1n) is 8.10. The van der Waals surface area contributed by atoms with Crippen molar-refractivity contribution in [1.82, 2.24) is 19.6 Å². The van der Waals surface area contributed by atoms with Crippen LogP contribution in [0, 0.1) is 5.92 Å². The van der Waals surface area contributed by atoms with Crippen LogP contribution in [0.25, 0.3) is 0 Å². The third kappa shape index (κ3) is 2.80. The van der Waals surface area contributed by atoms with E-state index in [2.05, 4.69) is 5.10 Å². The first kappa shape index (κ1) is 16.9. The summed E-state index contributed by atoms with van der Waals surface area (Å²) in [6, 6.07) is 1.51. The number of piperidine rings is 1. The molecule has 8 heteroatoms. The summed E-state index contributed by atoms with van der Waals surface area (Å²) in [7, 11) is 5.07. The van der Waals surface area contributed by atoms with Gasteiger partial charge in [0, 0.05) is 33.8 Å². The summed E-state index contributed by atoms with van der Waals surface area (Å²) in [5.41, 5.74) is -0.111. The zero-order chi connectivity index (χ0) is 17.5. The quantitative estimate of drug-likeness (QED) is 0.805. The van der Waals surface area contributed by atoms with E-state index in [1.165, 1.54) is 7.11 Å². The van der Waals surface area contributed by atoms with Crippen molar-refractivity contribution in [2.45, 2.75) is 24.5 Å². The Morgan fingerprint density at radius 2 is 2.17 bits per heavy atom. The molecule has 0 aromatic carbocycles. The minimum absolute atomic E-state index is 0.0265. The van der Waals surface area contributed by atoms with E-state index in [1.807, 2.05) is 13.1 Å². The molecule has 0 spiro atoms. The van der Waals surface area contributed by atoms with Gasteiger partial charge >= 0.3 is 0 Å². The number of hydrogen-bond donors (Lipinski definition) is 1. The molecule has 3 heterocycles.